The lowest BCUT2D eigenvalue weighted by molar-refractivity contribution is 0.107. The molecule has 0 heterocycles. The second kappa shape index (κ2) is 10.1. The van der Waals surface area contributed by atoms with Crippen molar-refractivity contribution in [3.05, 3.63) is 34.6 Å². The first kappa shape index (κ1) is 18.3. The van der Waals surface area contributed by atoms with Crippen LogP contribution in [0.25, 0.3) is 0 Å². The van der Waals surface area contributed by atoms with Crippen molar-refractivity contribution in [2.75, 3.05) is 47.1 Å². The first-order valence-corrected chi connectivity index (χ1v) is 7.39. The topological polar surface area (TPSA) is 47.7 Å². The number of methoxy groups -OCH3 is 2. The van der Waals surface area contributed by atoms with E-state index in [0.29, 0.717) is 31.9 Å². The van der Waals surface area contributed by atoms with Crippen LogP contribution in [0.5, 0.6) is 0 Å². The van der Waals surface area contributed by atoms with Crippen LogP contribution in [0.4, 0.5) is 4.39 Å². The minimum Gasteiger partial charge on any atom is -0.385 e. The molecule has 21 heavy (non-hydrogen) atoms. The predicted octanol–water partition coefficient (Wildman–Crippen LogP) is 2.46. The van der Waals surface area contributed by atoms with Gasteiger partial charge in [-0.25, -0.2) is 4.39 Å². The molecule has 0 amide bonds. The molecule has 0 fully saturated rings. The zero-order valence-corrected chi connectivity index (χ0v) is 13.4. The summed E-state index contributed by atoms with van der Waals surface area (Å²) in [5.41, 5.74) is 6.40. The monoisotopic (exact) mass is 318 g/mol. The van der Waals surface area contributed by atoms with Gasteiger partial charge in [0, 0.05) is 46.0 Å². The highest BCUT2D eigenvalue weighted by molar-refractivity contribution is 6.30. The third-order valence-corrected chi connectivity index (χ3v) is 3.67. The fourth-order valence-corrected chi connectivity index (χ4v) is 2.48. The van der Waals surface area contributed by atoms with Gasteiger partial charge in [-0.05, 0) is 12.5 Å². The Hall–Kier alpha value is -0.720. The molecule has 0 saturated heterocycles. The van der Waals surface area contributed by atoms with Gasteiger partial charge >= 0.3 is 0 Å². The normalized spacial score (nSPS) is 12.9. The molecule has 1 rings (SSSR count). The van der Waals surface area contributed by atoms with E-state index >= 15 is 0 Å². The number of rotatable bonds is 10. The third kappa shape index (κ3) is 5.52. The molecule has 2 N–H and O–H groups in total. The van der Waals surface area contributed by atoms with E-state index < -0.39 is 5.82 Å². The Labute approximate surface area is 131 Å². The fourth-order valence-electron chi connectivity index (χ4n) is 2.29. The molecule has 0 aliphatic carbocycles. The van der Waals surface area contributed by atoms with Crippen molar-refractivity contribution in [2.24, 2.45) is 5.73 Å². The molecule has 0 radical (unpaired) electrons. The number of halogens is 2. The van der Waals surface area contributed by atoms with Crippen LogP contribution < -0.4 is 5.73 Å². The molecule has 0 aromatic heterocycles. The average molecular weight is 319 g/mol. The Morgan fingerprint density at radius 2 is 1.95 bits per heavy atom. The minimum absolute atomic E-state index is 0.120. The minimum atomic E-state index is -0.399. The molecule has 1 atom stereocenters. The standard InChI is InChI=1S/C15H24ClFN2O2/c1-20-9-4-7-19(8-10-21-2)14(11-18)12-5-3-6-13(16)15(12)17/h3,5-6,14H,4,7-11,18H2,1-2H3. The molecule has 0 aliphatic rings. The van der Waals surface area contributed by atoms with Crippen LogP contribution >= 0.6 is 11.6 Å². The van der Waals surface area contributed by atoms with Gasteiger partial charge in [-0.2, -0.15) is 0 Å². The van der Waals surface area contributed by atoms with Crippen molar-refractivity contribution in [1.82, 2.24) is 4.90 Å². The van der Waals surface area contributed by atoms with E-state index in [4.69, 9.17) is 26.8 Å². The summed E-state index contributed by atoms with van der Waals surface area (Å²) in [4.78, 5) is 2.11. The number of benzene rings is 1. The van der Waals surface area contributed by atoms with E-state index in [2.05, 4.69) is 4.90 Å². The van der Waals surface area contributed by atoms with Crippen molar-refractivity contribution in [3.8, 4) is 0 Å². The van der Waals surface area contributed by atoms with Gasteiger partial charge in [-0.15, -0.1) is 0 Å². The summed E-state index contributed by atoms with van der Waals surface area (Å²) in [5, 5.41) is 0.120. The molecule has 0 aliphatic heterocycles. The Balaban J connectivity index is 2.90. The summed E-state index contributed by atoms with van der Waals surface area (Å²) in [7, 11) is 3.31. The molecule has 6 heteroatoms. The molecule has 4 nitrogen and oxygen atoms in total. The van der Waals surface area contributed by atoms with E-state index in [1.54, 1.807) is 32.4 Å². The van der Waals surface area contributed by atoms with Crippen molar-refractivity contribution in [3.63, 3.8) is 0 Å². The molecule has 0 spiro atoms. The predicted molar refractivity (Wildman–Crippen MR) is 83.1 cm³/mol. The van der Waals surface area contributed by atoms with Gasteiger partial charge in [0.1, 0.15) is 5.82 Å². The van der Waals surface area contributed by atoms with Gasteiger partial charge in [0.2, 0.25) is 0 Å². The van der Waals surface area contributed by atoms with Crippen LogP contribution in [0.1, 0.15) is 18.0 Å². The number of hydrogen-bond acceptors (Lipinski definition) is 4. The molecular weight excluding hydrogens is 295 g/mol. The maximum Gasteiger partial charge on any atom is 0.146 e. The first-order chi connectivity index (χ1) is 10.2. The Bertz CT molecular complexity index is 421. The molecule has 1 aromatic carbocycles. The van der Waals surface area contributed by atoms with Crippen LogP contribution in [0, 0.1) is 5.82 Å². The maximum atomic E-state index is 14.2. The summed E-state index contributed by atoms with van der Waals surface area (Å²) in [6, 6.07) is 4.79. The summed E-state index contributed by atoms with van der Waals surface area (Å²) >= 11 is 5.87. The largest absolute Gasteiger partial charge is 0.385 e. The van der Waals surface area contributed by atoms with Crippen molar-refractivity contribution >= 4 is 11.6 Å². The quantitative estimate of drug-likeness (QED) is 0.673. The van der Waals surface area contributed by atoms with Crippen LogP contribution in [0.15, 0.2) is 18.2 Å². The van der Waals surface area contributed by atoms with Crippen LogP contribution in [0.2, 0.25) is 5.02 Å². The molecule has 1 aromatic rings. The number of nitrogens with zero attached hydrogens (tertiary/aromatic N) is 1. The highest BCUT2D eigenvalue weighted by atomic mass is 35.5. The second-order valence-corrected chi connectivity index (χ2v) is 5.18. The van der Waals surface area contributed by atoms with Crippen LogP contribution in [-0.2, 0) is 9.47 Å². The third-order valence-electron chi connectivity index (χ3n) is 3.38. The van der Waals surface area contributed by atoms with Crippen molar-refractivity contribution < 1.29 is 13.9 Å². The van der Waals surface area contributed by atoms with Gasteiger partial charge in [-0.3, -0.25) is 4.90 Å². The van der Waals surface area contributed by atoms with E-state index in [-0.39, 0.29) is 11.1 Å². The number of hydrogen-bond donors (Lipinski definition) is 1. The lowest BCUT2D eigenvalue weighted by atomic mass is 10.0. The SMILES string of the molecule is COCCCN(CCOC)C(CN)c1cccc(Cl)c1F. The van der Waals surface area contributed by atoms with Gasteiger partial charge < -0.3 is 15.2 Å². The van der Waals surface area contributed by atoms with E-state index in [1.807, 2.05) is 0 Å². The zero-order valence-electron chi connectivity index (χ0n) is 12.6. The molecular formula is C15H24ClFN2O2. The zero-order chi connectivity index (χ0) is 15.7. The number of nitrogens with two attached hydrogens (primary N) is 1. The highest BCUT2D eigenvalue weighted by Gasteiger charge is 2.22. The smallest absolute Gasteiger partial charge is 0.146 e. The Kier molecular flexibility index (Phi) is 8.80. The second-order valence-electron chi connectivity index (χ2n) is 4.77. The summed E-state index contributed by atoms with van der Waals surface area (Å²) < 4.78 is 24.4. The van der Waals surface area contributed by atoms with E-state index in [0.717, 1.165) is 13.0 Å². The Morgan fingerprint density at radius 3 is 2.57 bits per heavy atom. The highest BCUT2D eigenvalue weighted by Crippen LogP contribution is 2.27. The van der Waals surface area contributed by atoms with Crippen LogP contribution in [-0.4, -0.2) is 52.0 Å². The average Bonchev–Trinajstić information content (AvgIpc) is 2.49. The van der Waals surface area contributed by atoms with E-state index in [1.165, 1.54) is 0 Å². The van der Waals surface area contributed by atoms with Crippen molar-refractivity contribution in [1.29, 1.82) is 0 Å². The maximum absolute atomic E-state index is 14.2. The van der Waals surface area contributed by atoms with Gasteiger partial charge in [0.25, 0.3) is 0 Å². The molecule has 0 bridgehead atoms. The van der Waals surface area contributed by atoms with Gasteiger partial charge in [0.05, 0.1) is 17.7 Å². The molecule has 120 valence electrons. The van der Waals surface area contributed by atoms with Gasteiger partial charge in [0.15, 0.2) is 0 Å². The number of ether oxygens (including phenoxy) is 2. The Morgan fingerprint density at radius 1 is 1.24 bits per heavy atom. The lowest BCUT2D eigenvalue weighted by Gasteiger charge is -2.31. The first-order valence-electron chi connectivity index (χ1n) is 7.01. The van der Waals surface area contributed by atoms with Gasteiger partial charge in [-0.1, -0.05) is 23.7 Å². The van der Waals surface area contributed by atoms with E-state index in [9.17, 15) is 4.39 Å². The lowest BCUT2D eigenvalue weighted by Crippen LogP contribution is -2.37. The van der Waals surface area contributed by atoms with Crippen LogP contribution in [0.3, 0.4) is 0 Å². The summed E-state index contributed by atoms with van der Waals surface area (Å²) in [6.45, 7) is 2.96. The molecule has 1 unspecified atom stereocenters. The van der Waals surface area contributed by atoms with Crippen molar-refractivity contribution in [2.45, 2.75) is 12.5 Å². The summed E-state index contributed by atoms with van der Waals surface area (Å²) in [6.07, 6.45) is 0.846. The summed E-state index contributed by atoms with van der Waals surface area (Å²) in [5.74, 6) is -0.399. The fraction of sp³-hybridized carbons (Fsp3) is 0.600. The molecule has 0 saturated carbocycles.